The monoisotopic (exact) mass is 392 g/mol. The Morgan fingerprint density at radius 2 is 1.50 bits per heavy atom. The van der Waals surface area contributed by atoms with Crippen LogP contribution in [0.1, 0.15) is 30.4 Å². The van der Waals surface area contributed by atoms with Gasteiger partial charge in [0, 0.05) is 10.3 Å². The lowest BCUT2D eigenvalue weighted by Crippen LogP contribution is -2.07. The zero-order chi connectivity index (χ0) is 19.0. The predicted octanol–water partition coefficient (Wildman–Crippen LogP) is 4.50. The van der Waals surface area contributed by atoms with E-state index in [0.29, 0.717) is 6.42 Å². The van der Waals surface area contributed by atoms with Crippen molar-refractivity contribution < 1.29 is 16.8 Å². The Kier molecular flexibility index (Phi) is 7.75. The van der Waals surface area contributed by atoms with Crippen molar-refractivity contribution in [2.75, 3.05) is 6.61 Å². The van der Waals surface area contributed by atoms with Crippen molar-refractivity contribution in [1.82, 2.24) is 0 Å². The van der Waals surface area contributed by atoms with E-state index in [2.05, 4.69) is 0 Å². The first-order valence-electron chi connectivity index (χ1n) is 8.48. The molecule has 0 saturated carbocycles. The average Bonchev–Trinajstić information content (AvgIpc) is 2.61. The van der Waals surface area contributed by atoms with Gasteiger partial charge < -0.3 is 0 Å². The Balaban J connectivity index is 1.69. The Bertz CT molecular complexity index is 852. The molecular weight excluding hydrogens is 368 g/mol. The molecule has 0 aliphatic carbocycles. The number of aryl methyl sites for hydroxylation is 2. The van der Waals surface area contributed by atoms with Crippen LogP contribution in [0.2, 0.25) is 0 Å². The third-order valence-corrected chi connectivity index (χ3v) is 6.29. The highest BCUT2D eigenvalue weighted by atomic mass is 32.2. The topological polar surface area (TPSA) is 60.4 Å². The van der Waals surface area contributed by atoms with Gasteiger partial charge in [0.25, 0.3) is 10.1 Å². The predicted molar refractivity (Wildman–Crippen MR) is 105 cm³/mol. The fourth-order valence-electron chi connectivity index (χ4n) is 2.21. The minimum atomic E-state index is -3.69. The summed E-state index contributed by atoms with van der Waals surface area (Å²) in [5.74, 6) is 0. The number of hydrogen-bond acceptors (Lipinski definition) is 4. The van der Waals surface area contributed by atoms with Crippen LogP contribution in [-0.4, -0.2) is 19.2 Å². The van der Waals surface area contributed by atoms with Gasteiger partial charge in [-0.25, -0.2) is 4.21 Å². The van der Waals surface area contributed by atoms with Crippen molar-refractivity contribution in [2.24, 2.45) is 0 Å². The van der Waals surface area contributed by atoms with E-state index >= 15 is 0 Å². The van der Waals surface area contributed by atoms with Crippen LogP contribution in [0, 0.1) is 13.8 Å². The largest absolute Gasteiger partial charge is 0.296 e. The summed E-state index contributed by atoms with van der Waals surface area (Å²) in [4.78, 5) is 0.955. The lowest BCUT2D eigenvalue weighted by atomic mass is 10.2. The Labute approximate surface area is 158 Å². The molecule has 4 nitrogen and oxygen atoms in total. The molecule has 1 atom stereocenters. The molecule has 0 radical (unpaired) electrons. The maximum absolute atomic E-state index is 12.1. The summed E-state index contributed by atoms with van der Waals surface area (Å²) in [5, 5.41) is 1.68. The van der Waals surface area contributed by atoms with Crippen LogP contribution in [0.4, 0.5) is 0 Å². The molecule has 26 heavy (non-hydrogen) atoms. The van der Waals surface area contributed by atoms with Gasteiger partial charge in [-0.2, -0.15) is 8.42 Å². The van der Waals surface area contributed by atoms with E-state index in [9.17, 15) is 12.6 Å². The summed E-state index contributed by atoms with van der Waals surface area (Å²) < 4.78 is 41.2. The zero-order valence-corrected chi connectivity index (χ0v) is 16.7. The standard InChI is InChI=1S/C20H24O4S2/c1-17-7-11-19(12-8-17)25(21)16-6-4-3-5-15-24-26(22,23)20-13-9-18(2)10-14-20/h6-14,16H,3-5,15H2,1-2H3/b16-6+. The molecule has 2 aromatic carbocycles. The highest BCUT2D eigenvalue weighted by Gasteiger charge is 2.14. The van der Waals surface area contributed by atoms with Gasteiger partial charge in [0.15, 0.2) is 0 Å². The van der Waals surface area contributed by atoms with Gasteiger partial charge in [0.2, 0.25) is 0 Å². The molecular formula is C20H24O4S2. The van der Waals surface area contributed by atoms with Crippen molar-refractivity contribution in [2.45, 2.75) is 42.9 Å². The minimum Gasteiger partial charge on any atom is -0.266 e. The van der Waals surface area contributed by atoms with Crippen LogP contribution in [0.25, 0.3) is 0 Å². The SMILES string of the molecule is Cc1ccc(S(=O)/C=C/CCCCOS(=O)(=O)c2ccc(C)cc2)cc1. The molecule has 0 fully saturated rings. The molecule has 6 heteroatoms. The van der Waals surface area contributed by atoms with E-state index in [-0.39, 0.29) is 11.5 Å². The normalized spacial score (nSPS) is 13.2. The second-order valence-corrected chi connectivity index (χ2v) is 9.02. The van der Waals surface area contributed by atoms with Crippen LogP contribution in [0.5, 0.6) is 0 Å². The average molecular weight is 393 g/mol. The molecule has 0 aromatic heterocycles. The van der Waals surface area contributed by atoms with Crippen molar-refractivity contribution in [3.63, 3.8) is 0 Å². The second kappa shape index (κ2) is 9.80. The van der Waals surface area contributed by atoms with Crippen LogP contribution < -0.4 is 0 Å². The maximum Gasteiger partial charge on any atom is 0.296 e. The Morgan fingerprint density at radius 3 is 2.12 bits per heavy atom. The highest BCUT2D eigenvalue weighted by Crippen LogP contribution is 2.14. The number of unbranched alkanes of at least 4 members (excludes halogenated alkanes) is 2. The lowest BCUT2D eigenvalue weighted by molar-refractivity contribution is 0.309. The summed E-state index contributed by atoms with van der Waals surface area (Å²) >= 11 is 0. The van der Waals surface area contributed by atoms with Crippen molar-refractivity contribution in [3.8, 4) is 0 Å². The minimum absolute atomic E-state index is 0.144. The summed E-state index contributed by atoms with van der Waals surface area (Å²) in [6, 6.07) is 14.2. The van der Waals surface area contributed by atoms with Gasteiger partial charge in [0.05, 0.1) is 22.3 Å². The molecule has 2 aromatic rings. The van der Waals surface area contributed by atoms with E-state index in [4.69, 9.17) is 4.18 Å². The summed E-state index contributed by atoms with van der Waals surface area (Å²) in [7, 11) is -4.84. The van der Waals surface area contributed by atoms with E-state index < -0.39 is 20.9 Å². The zero-order valence-electron chi connectivity index (χ0n) is 15.1. The number of rotatable bonds is 9. The number of hydrogen-bond donors (Lipinski definition) is 0. The van der Waals surface area contributed by atoms with Crippen LogP contribution >= 0.6 is 0 Å². The van der Waals surface area contributed by atoms with Gasteiger partial charge in [-0.15, -0.1) is 0 Å². The summed E-state index contributed by atoms with van der Waals surface area (Å²) in [6.45, 7) is 4.03. The quantitative estimate of drug-likeness (QED) is 0.466. The lowest BCUT2D eigenvalue weighted by Gasteiger charge is -2.05. The highest BCUT2D eigenvalue weighted by molar-refractivity contribution is 7.88. The Morgan fingerprint density at radius 1 is 0.923 bits per heavy atom. The van der Waals surface area contributed by atoms with Crippen molar-refractivity contribution in [1.29, 1.82) is 0 Å². The Hall–Kier alpha value is -1.76. The van der Waals surface area contributed by atoms with Gasteiger partial charge in [-0.3, -0.25) is 4.18 Å². The maximum atomic E-state index is 12.1. The van der Waals surface area contributed by atoms with Gasteiger partial charge in [-0.1, -0.05) is 41.5 Å². The fraction of sp³-hybridized carbons (Fsp3) is 0.300. The number of benzene rings is 2. The molecule has 1 unspecified atom stereocenters. The molecule has 0 N–H and O–H groups in total. The molecule has 0 aliphatic heterocycles. The summed E-state index contributed by atoms with van der Waals surface area (Å²) in [6.07, 6.45) is 3.98. The molecule has 0 bridgehead atoms. The van der Waals surface area contributed by atoms with Crippen molar-refractivity contribution in [3.05, 3.63) is 71.1 Å². The van der Waals surface area contributed by atoms with Crippen LogP contribution in [0.3, 0.4) is 0 Å². The first kappa shape index (κ1) is 20.6. The first-order valence-corrected chi connectivity index (χ1v) is 11.1. The molecule has 140 valence electrons. The van der Waals surface area contributed by atoms with E-state index in [1.165, 1.54) is 0 Å². The smallest absolute Gasteiger partial charge is 0.266 e. The van der Waals surface area contributed by atoms with Gasteiger partial charge in [0.1, 0.15) is 0 Å². The molecule has 0 amide bonds. The van der Waals surface area contributed by atoms with E-state index in [0.717, 1.165) is 28.9 Å². The molecule has 0 spiro atoms. The summed E-state index contributed by atoms with van der Waals surface area (Å²) in [5.41, 5.74) is 2.13. The third kappa shape index (κ3) is 6.52. The van der Waals surface area contributed by atoms with Gasteiger partial charge >= 0.3 is 0 Å². The molecule has 0 saturated heterocycles. The third-order valence-electron chi connectivity index (χ3n) is 3.79. The van der Waals surface area contributed by atoms with E-state index in [1.54, 1.807) is 29.7 Å². The molecule has 2 rings (SSSR count). The molecule has 0 aliphatic rings. The van der Waals surface area contributed by atoms with E-state index in [1.807, 2.05) is 44.2 Å². The van der Waals surface area contributed by atoms with Crippen LogP contribution in [-0.2, 0) is 25.1 Å². The molecule has 0 heterocycles. The van der Waals surface area contributed by atoms with Gasteiger partial charge in [-0.05, 0) is 57.4 Å². The second-order valence-electron chi connectivity index (χ2n) is 6.07. The first-order chi connectivity index (χ1) is 12.4. The number of allylic oxidation sites excluding steroid dienone is 1. The fourth-order valence-corrected chi connectivity index (χ4v) is 4.03. The van der Waals surface area contributed by atoms with Crippen LogP contribution in [0.15, 0.2) is 69.8 Å². The van der Waals surface area contributed by atoms with Crippen molar-refractivity contribution >= 4 is 20.9 Å².